The van der Waals surface area contributed by atoms with E-state index in [1.54, 1.807) is 0 Å². The van der Waals surface area contributed by atoms with Gasteiger partial charge in [0.1, 0.15) is 0 Å². The first-order valence-corrected chi connectivity index (χ1v) is 6.86. The van der Waals surface area contributed by atoms with Gasteiger partial charge in [-0.1, -0.05) is 6.92 Å². The second-order valence-corrected chi connectivity index (χ2v) is 4.86. The molecule has 0 saturated carbocycles. The molecule has 0 amide bonds. The lowest BCUT2D eigenvalue weighted by atomic mass is 10.1. The molecule has 1 rings (SSSR count). The minimum Gasteiger partial charge on any atom is -0.330 e. The summed E-state index contributed by atoms with van der Waals surface area (Å²) < 4.78 is 2.21. The van der Waals surface area contributed by atoms with Gasteiger partial charge >= 0.3 is 0 Å². The van der Waals surface area contributed by atoms with Gasteiger partial charge in [0.05, 0.1) is 12.0 Å². The predicted molar refractivity (Wildman–Crippen MR) is 67.2 cm³/mol. The summed E-state index contributed by atoms with van der Waals surface area (Å²) in [6.45, 7) is 4.33. The molecule has 1 unspecified atom stereocenters. The van der Waals surface area contributed by atoms with Crippen molar-refractivity contribution < 1.29 is 0 Å². The van der Waals surface area contributed by atoms with Crippen LogP contribution in [0.1, 0.15) is 44.5 Å². The first-order valence-electron chi connectivity index (χ1n) is 5.46. The van der Waals surface area contributed by atoms with Crippen LogP contribution in [0.3, 0.4) is 0 Å². The SMILES string of the molecule is CC[C@@H](N)c1cncn1C(C)CCSC. The van der Waals surface area contributed by atoms with E-state index >= 15 is 0 Å². The third-order valence-electron chi connectivity index (χ3n) is 2.73. The molecular formula is C11H21N3S. The highest BCUT2D eigenvalue weighted by atomic mass is 32.2. The number of hydrogen-bond donors (Lipinski definition) is 1. The molecule has 0 radical (unpaired) electrons. The van der Waals surface area contributed by atoms with E-state index in [9.17, 15) is 0 Å². The Morgan fingerprint density at radius 1 is 1.60 bits per heavy atom. The van der Waals surface area contributed by atoms with Gasteiger partial charge in [-0.2, -0.15) is 11.8 Å². The second-order valence-electron chi connectivity index (χ2n) is 3.87. The molecule has 86 valence electrons. The van der Waals surface area contributed by atoms with Crippen molar-refractivity contribution in [2.75, 3.05) is 12.0 Å². The summed E-state index contributed by atoms with van der Waals surface area (Å²) in [6.07, 6.45) is 8.06. The van der Waals surface area contributed by atoms with Crippen LogP contribution in [0.2, 0.25) is 0 Å². The van der Waals surface area contributed by atoms with E-state index in [-0.39, 0.29) is 6.04 Å². The van der Waals surface area contributed by atoms with E-state index in [1.165, 1.54) is 12.2 Å². The number of thioether (sulfide) groups is 1. The zero-order valence-electron chi connectivity index (χ0n) is 9.81. The van der Waals surface area contributed by atoms with E-state index in [2.05, 4.69) is 29.7 Å². The first-order chi connectivity index (χ1) is 7.20. The maximum atomic E-state index is 6.04. The molecule has 1 aromatic heterocycles. The third kappa shape index (κ3) is 3.24. The molecule has 0 fully saturated rings. The van der Waals surface area contributed by atoms with Crippen LogP contribution in [0, 0.1) is 0 Å². The standard InChI is InChI=1S/C11H21N3S/c1-4-10(12)11-7-13-8-14(11)9(2)5-6-15-3/h7-10H,4-6,12H2,1-3H3/t9?,10-/m1/s1. The summed E-state index contributed by atoms with van der Waals surface area (Å²) in [4.78, 5) is 4.20. The summed E-state index contributed by atoms with van der Waals surface area (Å²) >= 11 is 1.88. The fourth-order valence-electron chi connectivity index (χ4n) is 1.61. The van der Waals surface area contributed by atoms with Crippen molar-refractivity contribution in [3.05, 3.63) is 18.2 Å². The Morgan fingerprint density at radius 3 is 2.93 bits per heavy atom. The normalized spacial score (nSPS) is 15.2. The first kappa shape index (κ1) is 12.6. The Labute approximate surface area is 96.5 Å². The van der Waals surface area contributed by atoms with Gasteiger partial charge in [0.15, 0.2) is 0 Å². The fraction of sp³-hybridized carbons (Fsp3) is 0.727. The van der Waals surface area contributed by atoms with E-state index < -0.39 is 0 Å². The Bertz CT molecular complexity index is 285. The van der Waals surface area contributed by atoms with E-state index in [1.807, 2.05) is 24.3 Å². The van der Waals surface area contributed by atoms with Crippen LogP contribution in [-0.2, 0) is 0 Å². The van der Waals surface area contributed by atoms with Crippen LogP contribution >= 0.6 is 11.8 Å². The molecule has 0 spiro atoms. The molecule has 3 nitrogen and oxygen atoms in total. The number of imidazole rings is 1. The lowest BCUT2D eigenvalue weighted by molar-refractivity contribution is 0.492. The lowest BCUT2D eigenvalue weighted by Crippen LogP contribution is -2.17. The molecule has 1 aromatic rings. The third-order valence-corrected chi connectivity index (χ3v) is 3.37. The summed E-state index contributed by atoms with van der Waals surface area (Å²) in [7, 11) is 0. The minimum absolute atomic E-state index is 0.115. The van der Waals surface area contributed by atoms with Gasteiger partial charge in [0.2, 0.25) is 0 Å². The molecule has 0 aliphatic rings. The highest BCUT2D eigenvalue weighted by Crippen LogP contribution is 2.20. The molecule has 0 aliphatic heterocycles. The predicted octanol–water partition coefficient (Wildman–Crippen LogP) is 2.61. The molecular weight excluding hydrogens is 206 g/mol. The van der Waals surface area contributed by atoms with Gasteiger partial charge in [-0.05, 0) is 31.8 Å². The smallest absolute Gasteiger partial charge is 0.0951 e. The van der Waals surface area contributed by atoms with E-state index in [4.69, 9.17) is 5.73 Å². The summed E-state index contributed by atoms with van der Waals surface area (Å²) in [5.74, 6) is 1.18. The van der Waals surface area contributed by atoms with E-state index in [0.717, 1.165) is 12.1 Å². The number of nitrogens with two attached hydrogens (primary N) is 1. The van der Waals surface area contributed by atoms with Gasteiger partial charge in [0, 0.05) is 18.3 Å². The van der Waals surface area contributed by atoms with Crippen molar-refractivity contribution >= 4 is 11.8 Å². The highest BCUT2D eigenvalue weighted by molar-refractivity contribution is 7.98. The average molecular weight is 227 g/mol. The Morgan fingerprint density at radius 2 is 2.33 bits per heavy atom. The van der Waals surface area contributed by atoms with Gasteiger partial charge in [-0.3, -0.25) is 0 Å². The summed E-state index contributed by atoms with van der Waals surface area (Å²) in [5, 5.41) is 0. The van der Waals surface area contributed by atoms with Crippen molar-refractivity contribution in [2.45, 2.75) is 38.8 Å². The Hall–Kier alpha value is -0.480. The molecule has 1 heterocycles. The summed E-state index contributed by atoms with van der Waals surface area (Å²) in [5.41, 5.74) is 7.20. The maximum absolute atomic E-state index is 6.04. The number of hydrogen-bond acceptors (Lipinski definition) is 3. The fourth-order valence-corrected chi connectivity index (χ4v) is 2.18. The second kappa shape index (κ2) is 6.18. The minimum atomic E-state index is 0.115. The zero-order valence-corrected chi connectivity index (χ0v) is 10.6. The van der Waals surface area contributed by atoms with Crippen LogP contribution < -0.4 is 5.73 Å². The van der Waals surface area contributed by atoms with Crippen LogP contribution in [0.25, 0.3) is 0 Å². The largest absolute Gasteiger partial charge is 0.330 e. The van der Waals surface area contributed by atoms with Gasteiger partial charge < -0.3 is 10.3 Å². The van der Waals surface area contributed by atoms with Crippen molar-refractivity contribution in [1.82, 2.24) is 9.55 Å². The van der Waals surface area contributed by atoms with E-state index in [0.29, 0.717) is 6.04 Å². The zero-order chi connectivity index (χ0) is 11.3. The molecule has 0 aromatic carbocycles. The van der Waals surface area contributed by atoms with Crippen LogP contribution in [0.5, 0.6) is 0 Å². The van der Waals surface area contributed by atoms with Crippen molar-refractivity contribution in [3.8, 4) is 0 Å². The molecule has 0 saturated heterocycles. The number of rotatable bonds is 6. The van der Waals surface area contributed by atoms with Crippen LogP contribution in [-0.4, -0.2) is 21.6 Å². The molecule has 2 atom stereocenters. The maximum Gasteiger partial charge on any atom is 0.0951 e. The monoisotopic (exact) mass is 227 g/mol. The van der Waals surface area contributed by atoms with Gasteiger partial charge in [0.25, 0.3) is 0 Å². The van der Waals surface area contributed by atoms with Crippen molar-refractivity contribution in [1.29, 1.82) is 0 Å². The summed E-state index contributed by atoms with van der Waals surface area (Å²) in [6, 6.07) is 0.608. The molecule has 15 heavy (non-hydrogen) atoms. The van der Waals surface area contributed by atoms with Crippen LogP contribution in [0.15, 0.2) is 12.5 Å². The average Bonchev–Trinajstić information content (AvgIpc) is 2.73. The topological polar surface area (TPSA) is 43.8 Å². The lowest BCUT2D eigenvalue weighted by Gasteiger charge is -2.18. The molecule has 4 heteroatoms. The van der Waals surface area contributed by atoms with Crippen molar-refractivity contribution in [2.24, 2.45) is 5.73 Å². The van der Waals surface area contributed by atoms with Crippen molar-refractivity contribution in [3.63, 3.8) is 0 Å². The van der Waals surface area contributed by atoms with Crippen LogP contribution in [0.4, 0.5) is 0 Å². The highest BCUT2D eigenvalue weighted by Gasteiger charge is 2.13. The van der Waals surface area contributed by atoms with Gasteiger partial charge in [-0.15, -0.1) is 0 Å². The number of aromatic nitrogens is 2. The number of nitrogens with zero attached hydrogens (tertiary/aromatic N) is 2. The molecule has 0 bridgehead atoms. The van der Waals surface area contributed by atoms with Gasteiger partial charge in [-0.25, -0.2) is 4.98 Å². The Kier molecular flexibility index (Phi) is 5.19. The Balaban J connectivity index is 2.71. The molecule has 0 aliphatic carbocycles. The molecule has 2 N–H and O–H groups in total. The quantitative estimate of drug-likeness (QED) is 0.812.